The van der Waals surface area contributed by atoms with Crippen molar-refractivity contribution in [3.8, 4) is 11.4 Å². The van der Waals surface area contributed by atoms with Gasteiger partial charge in [0, 0.05) is 29.9 Å². The van der Waals surface area contributed by atoms with Gasteiger partial charge in [-0.15, -0.1) is 10.2 Å². The normalized spacial score (nSPS) is 16.5. The first-order valence-electron chi connectivity index (χ1n) is 13.4. The van der Waals surface area contributed by atoms with E-state index in [0.29, 0.717) is 35.9 Å². The summed E-state index contributed by atoms with van der Waals surface area (Å²) in [7, 11) is 0. The van der Waals surface area contributed by atoms with Crippen LogP contribution in [-0.4, -0.2) is 69.0 Å². The molecule has 11 nitrogen and oxygen atoms in total. The molecule has 11 heteroatoms. The van der Waals surface area contributed by atoms with Crippen molar-refractivity contribution in [3.63, 3.8) is 0 Å². The van der Waals surface area contributed by atoms with E-state index in [1.165, 1.54) is 4.90 Å². The number of tetrazole rings is 1. The monoisotopic (exact) mass is 548 g/mol. The molecule has 6 rings (SSSR count). The Morgan fingerprint density at radius 3 is 2.46 bits per heavy atom. The van der Waals surface area contributed by atoms with Crippen LogP contribution in [0, 0.1) is 0 Å². The van der Waals surface area contributed by atoms with E-state index in [2.05, 4.69) is 31.3 Å². The fourth-order valence-corrected chi connectivity index (χ4v) is 5.22. The number of amides is 4. The molecule has 0 radical (unpaired) electrons. The van der Waals surface area contributed by atoms with E-state index in [1.807, 2.05) is 54.6 Å². The second kappa shape index (κ2) is 11.4. The molecule has 0 spiro atoms. The first-order valence-corrected chi connectivity index (χ1v) is 13.4. The molecule has 1 atom stereocenters. The molecule has 1 fully saturated rings. The van der Waals surface area contributed by atoms with Gasteiger partial charge in [0.15, 0.2) is 0 Å². The summed E-state index contributed by atoms with van der Waals surface area (Å²) in [6.07, 6.45) is 3.66. The van der Waals surface area contributed by atoms with Crippen LogP contribution in [0.3, 0.4) is 0 Å². The molecule has 206 valence electrons. The van der Waals surface area contributed by atoms with Crippen molar-refractivity contribution in [2.45, 2.75) is 18.9 Å². The van der Waals surface area contributed by atoms with E-state index in [0.717, 1.165) is 29.5 Å². The van der Waals surface area contributed by atoms with Crippen LogP contribution in [-0.2, 0) is 9.59 Å². The number of hydrogen-bond donors (Lipinski definition) is 3. The molecule has 0 saturated carbocycles. The van der Waals surface area contributed by atoms with Crippen LogP contribution in [0.25, 0.3) is 17.0 Å². The number of rotatable bonds is 6. The third kappa shape index (κ3) is 5.55. The van der Waals surface area contributed by atoms with E-state index in [9.17, 15) is 14.4 Å². The molecule has 1 aromatic heterocycles. The molecule has 4 aromatic rings. The van der Waals surface area contributed by atoms with E-state index < -0.39 is 18.0 Å². The van der Waals surface area contributed by atoms with Crippen LogP contribution in [0.1, 0.15) is 24.0 Å². The van der Waals surface area contributed by atoms with Crippen LogP contribution in [0.4, 0.5) is 16.2 Å². The zero-order valence-electron chi connectivity index (χ0n) is 22.2. The van der Waals surface area contributed by atoms with Crippen LogP contribution in [0.15, 0.2) is 84.9 Å². The van der Waals surface area contributed by atoms with Crippen LogP contribution in [0.2, 0.25) is 0 Å². The molecule has 0 bridgehead atoms. The van der Waals surface area contributed by atoms with E-state index >= 15 is 0 Å². The summed E-state index contributed by atoms with van der Waals surface area (Å²) in [6, 6.07) is 22.6. The highest BCUT2D eigenvalue weighted by atomic mass is 16.2. The van der Waals surface area contributed by atoms with Crippen LogP contribution in [0.5, 0.6) is 0 Å². The second-order valence-corrected chi connectivity index (χ2v) is 9.87. The van der Waals surface area contributed by atoms with Crippen molar-refractivity contribution in [3.05, 3.63) is 96.1 Å². The van der Waals surface area contributed by atoms with Crippen molar-refractivity contribution in [1.29, 1.82) is 0 Å². The third-order valence-electron chi connectivity index (χ3n) is 7.20. The van der Waals surface area contributed by atoms with E-state index in [4.69, 9.17) is 0 Å². The van der Waals surface area contributed by atoms with E-state index in [1.54, 1.807) is 35.2 Å². The Hall–Kier alpha value is -5.32. The summed E-state index contributed by atoms with van der Waals surface area (Å²) in [4.78, 5) is 43.8. The van der Waals surface area contributed by atoms with Crippen LogP contribution < -0.4 is 15.5 Å². The van der Waals surface area contributed by atoms with Gasteiger partial charge in [-0.3, -0.25) is 9.59 Å². The van der Waals surface area contributed by atoms with Gasteiger partial charge >= 0.3 is 6.03 Å². The summed E-state index contributed by atoms with van der Waals surface area (Å²) < 4.78 is 0. The number of anilines is 2. The first kappa shape index (κ1) is 25.9. The molecule has 0 aliphatic carbocycles. The molecule has 1 saturated heterocycles. The number of carbonyl (C=O) groups is 3. The summed E-state index contributed by atoms with van der Waals surface area (Å²) in [5.41, 5.74) is 4.25. The fourth-order valence-electron chi connectivity index (χ4n) is 5.22. The number of hydrogen-bond acceptors (Lipinski definition) is 6. The lowest BCUT2D eigenvalue weighted by Gasteiger charge is -2.27. The highest BCUT2D eigenvalue weighted by Gasteiger charge is 2.34. The first-order chi connectivity index (χ1) is 20.1. The molecule has 1 unspecified atom stereocenters. The minimum atomic E-state index is -1.04. The maximum atomic E-state index is 14.1. The van der Waals surface area contributed by atoms with Gasteiger partial charge in [-0.2, -0.15) is 5.21 Å². The summed E-state index contributed by atoms with van der Waals surface area (Å²) in [6.45, 7) is 1.25. The Balaban J connectivity index is 1.32. The number of aromatic nitrogens is 4. The quantitative estimate of drug-likeness (QED) is 0.338. The van der Waals surface area contributed by atoms with Gasteiger partial charge in [-0.25, -0.2) is 4.79 Å². The minimum absolute atomic E-state index is 0.113. The Morgan fingerprint density at radius 1 is 0.927 bits per heavy atom. The number of likely N-dealkylation sites (tertiary alicyclic amines) is 1. The number of carbonyl (C=O) groups excluding carboxylic acids is 3. The predicted octanol–water partition coefficient (Wildman–Crippen LogP) is 3.46. The standard InChI is InChI=1S/C30H28N8O3/c39-27(37-15-6-7-16-37)19-38-26-14-5-4-13-23(26)24(20-9-2-1-3-10-20)18-25(29(38)40)32-30(41)31-22-12-8-11-21(17-22)28-33-35-36-34-28/h1-5,8-14,17-18,25H,6-7,15-16,19H2,(H2,31,32,41)(H,33,34,35,36). The van der Waals surface area contributed by atoms with Crippen LogP contribution >= 0.6 is 0 Å². The zero-order valence-corrected chi connectivity index (χ0v) is 22.2. The van der Waals surface area contributed by atoms with Crippen molar-refractivity contribution in [1.82, 2.24) is 30.8 Å². The SMILES string of the molecule is O=C(Nc1cccc(-c2nn[nH]n2)c1)NC1C=C(c2ccccc2)c2ccccc2N(CC(=O)N2CCCC2)C1=O. The van der Waals surface area contributed by atoms with Gasteiger partial charge in [0.05, 0.1) is 5.69 Å². The lowest BCUT2D eigenvalue weighted by Crippen LogP contribution is -2.51. The molecular formula is C30H28N8O3. The highest BCUT2D eigenvalue weighted by molar-refractivity contribution is 6.10. The second-order valence-electron chi connectivity index (χ2n) is 9.87. The lowest BCUT2D eigenvalue weighted by molar-refractivity contribution is -0.130. The molecule has 41 heavy (non-hydrogen) atoms. The van der Waals surface area contributed by atoms with Gasteiger partial charge < -0.3 is 20.4 Å². The molecular weight excluding hydrogens is 520 g/mol. The molecule has 4 amide bonds. The van der Waals surface area contributed by atoms with Gasteiger partial charge in [0.25, 0.3) is 5.91 Å². The smallest absolute Gasteiger partial charge is 0.320 e. The van der Waals surface area contributed by atoms with Gasteiger partial charge in [-0.05, 0) is 53.5 Å². The molecule has 3 heterocycles. The van der Waals surface area contributed by atoms with Crippen molar-refractivity contribution < 1.29 is 14.4 Å². The number of H-pyrrole nitrogens is 1. The Labute approximate surface area is 236 Å². The summed E-state index contributed by atoms with van der Waals surface area (Å²) >= 11 is 0. The Bertz CT molecular complexity index is 1600. The maximum Gasteiger partial charge on any atom is 0.320 e. The molecule has 2 aliphatic rings. The number of aromatic amines is 1. The molecule has 3 N–H and O–H groups in total. The zero-order chi connectivity index (χ0) is 28.2. The number of urea groups is 1. The number of fused-ring (bicyclic) bond motifs is 1. The molecule has 2 aliphatic heterocycles. The minimum Gasteiger partial charge on any atom is -0.341 e. The number of nitrogens with zero attached hydrogens (tertiary/aromatic N) is 5. The van der Waals surface area contributed by atoms with Gasteiger partial charge in [0.1, 0.15) is 12.6 Å². The van der Waals surface area contributed by atoms with Gasteiger partial charge in [-0.1, -0.05) is 60.7 Å². The lowest BCUT2D eigenvalue weighted by atomic mass is 9.95. The largest absolute Gasteiger partial charge is 0.341 e. The van der Waals surface area contributed by atoms with Crippen molar-refractivity contribution in [2.75, 3.05) is 29.9 Å². The summed E-state index contributed by atoms with van der Waals surface area (Å²) in [5, 5.41) is 19.6. The van der Waals surface area contributed by atoms with E-state index in [-0.39, 0.29) is 12.5 Å². The fraction of sp³-hybridized carbons (Fsp3) is 0.200. The third-order valence-corrected chi connectivity index (χ3v) is 7.20. The summed E-state index contributed by atoms with van der Waals surface area (Å²) in [5.74, 6) is -0.124. The van der Waals surface area contributed by atoms with Crippen molar-refractivity contribution in [2.24, 2.45) is 0 Å². The number of benzene rings is 3. The Morgan fingerprint density at radius 2 is 1.68 bits per heavy atom. The number of para-hydroxylation sites is 1. The van der Waals surface area contributed by atoms with Crippen molar-refractivity contribution >= 4 is 34.8 Å². The predicted molar refractivity (Wildman–Crippen MR) is 154 cm³/mol. The Kier molecular flexibility index (Phi) is 7.23. The maximum absolute atomic E-state index is 14.1. The highest BCUT2D eigenvalue weighted by Crippen LogP contribution is 2.35. The number of nitrogens with one attached hydrogen (secondary N) is 3. The average Bonchev–Trinajstić information content (AvgIpc) is 3.72. The topological polar surface area (TPSA) is 136 Å². The average molecular weight is 549 g/mol. The van der Waals surface area contributed by atoms with Gasteiger partial charge in [0.2, 0.25) is 11.7 Å². The molecule has 3 aromatic carbocycles.